The fraction of sp³-hybridized carbons (Fsp3) is 0.529. The molecule has 5 heteroatoms. The van der Waals surface area contributed by atoms with Crippen LogP contribution in [-0.4, -0.2) is 52.8 Å². The molecule has 4 nitrogen and oxygen atoms in total. The van der Waals surface area contributed by atoms with Crippen LogP contribution in [0.25, 0.3) is 0 Å². The van der Waals surface area contributed by atoms with Crippen molar-refractivity contribution in [3.8, 4) is 0 Å². The minimum atomic E-state index is -0.953. The Morgan fingerprint density at radius 3 is 1.56 bits per heavy atom. The molecule has 0 radical (unpaired) electrons. The Hall–Kier alpha value is -2.45. The van der Waals surface area contributed by atoms with Crippen LogP contribution in [0.15, 0.2) is 72.4 Å². The molecule has 2 aromatic carbocycles. The summed E-state index contributed by atoms with van der Waals surface area (Å²) < 4.78 is 0. The van der Waals surface area contributed by atoms with Crippen LogP contribution in [0.3, 0.4) is 0 Å². The zero-order valence-corrected chi connectivity index (χ0v) is 25.5. The van der Waals surface area contributed by atoms with E-state index in [1.54, 1.807) is 6.08 Å². The molecule has 212 valence electrons. The summed E-state index contributed by atoms with van der Waals surface area (Å²) >= 11 is 0. The number of rotatable bonds is 19. The number of hydrogen-bond donors (Lipinski definition) is 0. The van der Waals surface area contributed by atoms with Gasteiger partial charge in [0.15, 0.2) is 0 Å². The molecule has 0 atom stereocenters. The minimum absolute atomic E-state index is 0.143. The smallest absolute Gasteiger partial charge is 0.277 e. The van der Waals surface area contributed by atoms with E-state index in [-0.39, 0.29) is 11.8 Å². The monoisotopic (exact) mass is 549 g/mol. The molecule has 0 unspecified atom stereocenters. The maximum atomic E-state index is 13.6. The third kappa shape index (κ3) is 9.60. The Kier molecular flexibility index (Phi) is 13.2. The van der Waals surface area contributed by atoms with E-state index < -0.39 is 7.26 Å². The summed E-state index contributed by atoms with van der Waals surface area (Å²) in [5, 5.41) is 0. The number of amides is 2. The summed E-state index contributed by atoms with van der Waals surface area (Å²) in [6.07, 6.45) is 17.0. The maximum absolute atomic E-state index is 13.6. The van der Waals surface area contributed by atoms with E-state index in [2.05, 4.69) is 49.9 Å². The van der Waals surface area contributed by atoms with Gasteiger partial charge in [0.2, 0.25) is 0 Å². The summed E-state index contributed by atoms with van der Waals surface area (Å²) in [4.78, 5) is 30.1. The van der Waals surface area contributed by atoms with Gasteiger partial charge in [0.25, 0.3) is 11.8 Å². The van der Waals surface area contributed by atoms with E-state index in [0.717, 1.165) is 24.0 Å². The van der Waals surface area contributed by atoms with Crippen molar-refractivity contribution in [1.29, 1.82) is 0 Å². The minimum Gasteiger partial charge on any atom is -0.358 e. The first-order valence-corrected chi connectivity index (χ1v) is 17.8. The number of unbranched alkanes of at least 4 members (excludes halogenated alkanes) is 4. The third-order valence-electron chi connectivity index (χ3n) is 7.99. The van der Waals surface area contributed by atoms with E-state index in [0.29, 0.717) is 25.3 Å². The highest BCUT2D eigenvalue weighted by molar-refractivity contribution is 7.75. The molecule has 2 aromatic rings. The average Bonchev–Trinajstić information content (AvgIpc) is 3.25. The van der Waals surface area contributed by atoms with E-state index in [1.807, 2.05) is 36.4 Å². The average molecular weight is 550 g/mol. The fourth-order valence-electron chi connectivity index (χ4n) is 5.64. The molecule has 0 saturated carbocycles. The van der Waals surface area contributed by atoms with Crippen LogP contribution in [0.1, 0.15) is 83.3 Å². The fourth-order valence-corrected chi connectivity index (χ4v) is 10.8. The highest BCUT2D eigenvalue weighted by Crippen LogP contribution is 2.61. The molecule has 0 aliphatic carbocycles. The van der Waals surface area contributed by atoms with Crippen molar-refractivity contribution >= 4 is 19.1 Å². The van der Waals surface area contributed by atoms with Crippen molar-refractivity contribution in [3.63, 3.8) is 0 Å². The second-order valence-corrected chi connectivity index (χ2v) is 15.6. The first kappa shape index (κ1) is 31.1. The molecular formula is C34H50N2O2P+. The van der Waals surface area contributed by atoms with Gasteiger partial charge in [0.1, 0.15) is 5.70 Å². The van der Waals surface area contributed by atoms with Crippen LogP contribution < -0.4 is 0 Å². The highest BCUT2D eigenvalue weighted by Gasteiger charge is 2.36. The predicted octanol–water partition coefficient (Wildman–Crippen LogP) is 8.14. The number of carbonyl (C=O) groups excluding carboxylic acids is 2. The number of hydrogen-bond acceptors (Lipinski definition) is 3. The second kappa shape index (κ2) is 16.6. The summed E-state index contributed by atoms with van der Waals surface area (Å²) in [7, 11) is -0.953. The molecule has 0 N–H and O–H groups in total. The first-order chi connectivity index (χ1) is 19.0. The summed E-state index contributed by atoms with van der Waals surface area (Å²) in [5.41, 5.74) is 2.77. The summed E-state index contributed by atoms with van der Waals surface area (Å²) in [6, 6.07) is 20.4. The van der Waals surface area contributed by atoms with Crippen molar-refractivity contribution in [2.24, 2.45) is 0 Å². The van der Waals surface area contributed by atoms with E-state index in [1.165, 1.54) is 68.1 Å². The van der Waals surface area contributed by atoms with E-state index in [4.69, 9.17) is 0 Å². The maximum Gasteiger partial charge on any atom is 0.277 e. The first-order valence-electron chi connectivity index (χ1n) is 15.3. The van der Waals surface area contributed by atoms with Crippen LogP contribution in [-0.2, 0) is 22.7 Å². The SMILES string of the molecule is CCCC[P+](CCCC)(CCCC)CCCCN1C(=O)C=C(N(Cc2ccccc2)Cc2ccccc2)C1=O. The Morgan fingerprint density at radius 1 is 0.641 bits per heavy atom. The molecule has 0 aromatic heterocycles. The molecule has 0 saturated heterocycles. The number of carbonyl (C=O) groups is 2. The van der Waals surface area contributed by atoms with Gasteiger partial charge in [-0.2, -0.15) is 0 Å². The molecule has 1 aliphatic rings. The topological polar surface area (TPSA) is 40.6 Å². The predicted molar refractivity (Wildman–Crippen MR) is 167 cm³/mol. The zero-order chi connectivity index (χ0) is 27.9. The van der Waals surface area contributed by atoms with Crippen molar-refractivity contribution in [2.45, 2.75) is 85.2 Å². The second-order valence-electron chi connectivity index (χ2n) is 11.2. The molecule has 1 aliphatic heterocycles. The third-order valence-corrected chi connectivity index (χ3v) is 13.0. The van der Waals surface area contributed by atoms with Crippen LogP contribution in [0, 0.1) is 0 Å². The molecule has 39 heavy (non-hydrogen) atoms. The van der Waals surface area contributed by atoms with Crippen molar-refractivity contribution in [1.82, 2.24) is 9.80 Å². The van der Waals surface area contributed by atoms with Gasteiger partial charge >= 0.3 is 0 Å². The molecule has 3 rings (SSSR count). The number of benzene rings is 2. The van der Waals surface area contributed by atoms with Crippen molar-refractivity contribution in [3.05, 3.63) is 83.6 Å². The normalized spacial score (nSPS) is 13.7. The Labute approximate surface area is 238 Å². The van der Waals surface area contributed by atoms with Crippen molar-refractivity contribution in [2.75, 3.05) is 31.2 Å². The molecule has 0 fully saturated rings. The van der Waals surface area contributed by atoms with Crippen molar-refractivity contribution < 1.29 is 9.59 Å². The Morgan fingerprint density at radius 2 is 1.10 bits per heavy atom. The quantitative estimate of drug-likeness (QED) is 0.101. The molecule has 0 bridgehead atoms. The van der Waals surface area contributed by atoms with Gasteiger partial charge < -0.3 is 4.90 Å². The number of nitrogens with zero attached hydrogens (tertiary/aromatic N) is 2. The van der Waals surface area contributed by atoms with E-state index in [9.17, 15) is 9.59 Å². The van der Waals surface area contributed by atoms with Crippen LogP contribution >= 0.6 is 7.26 Å². The molecular weight excluding hydrogens is 499 g/mol. The Bertz CT molecular complexity index is 974. The van der Waals surface area contributed by atoms with Gasteiger partial charge in [-0.15, -0.1) is 0 Å². The summed E-state index contributed by atoms with van der Waals surface area (Å²) in [6.45, 7) is 8.63. The van der Waals surface area contributed by atoms with Gasteiger partial charge in [-0.3, -0.25) is 14.5 Å². The van der Waals surface area contributed by atoms with Gasteiger partial charge in [0.05, 0.1) is 24.6 Å². The lowest BCUT2D eigenvalue weighted by Gasteiger charge is -2.28. The van der Waals surface area contributed by atoms with Crippen LogP contribution in [0.4, 0.5) is 0 Å². The standard InChI is InChI=1S/C34H50N2O2P/c1-4-7-23-39(24-8-5-2,25-9-6-3)26-17-16-22-36-33(37)27-32(34(36)38)35(28-30-18-12-10-13-19-30)29-31-20-14-11-15-21-31/h10-15,18-21,27H,4-9,16-17,22-26,28-29H2,1-3H3/q+1. The van der Waals surface area contributed by atoms with Gasteiger partial charge in [-0.05, 0) is 43.2 Å². The lowest BCUT2D eigenvalue weighted by Crippen LogP contribution is -2.35. The van der Waals surface area contributed by atoms with Gasteiger partial charge in [-0.1, -0.05) is 101 Å². The lowest BCUT2D eigenvalue weighted by atomic mass is 10.1. The molecule has 2 amide bonds. The van der Waals surface area contributed by atoms with Gasteiger partial charge in [0, 0.05) is 33.0 Å². The molecule has 1 heterocycles. The largest absolute Gasteiger partial charge is 0.358 e. The van der Waals surface area contributed by atoms with Gasteiger partial charge in [-0.25, -0.2) is 0 Å². The van der Waals surface area contributed by atoms with E-state index >= 15 is 0 Å². The summed E-state index contributed by atoms with van der Waals surface area (Å²) in [5.74, 6) is -0.305. The number of imide groups is 1. The lowest BCUT2D eigenvalue weighted by molar-refractivity contribution is -0.138. The van der Waals surface area contributed by atoms with Crippen LogP contribution in [0.5, 0.6) is 0 Å². The highest BCUT2D eigenvalue weighted by atomic mass is 31.2. The molecule has 0 spiro atoms. The Balaban J connectivity index is 1.64. The van der Waals surface area contributed by atoms with Crippen LogP contribution in [0.2, 0.25) is 0 Å². The zero-order valence-electron chi connectivity index (χ0n) is 24.6.